The zero-order chi connectivity index (χ0) is 17.9. The van der Waals surface area contributed by atoms with Crippen molar-refractivity contribution in [1.29, 1.82) is 0 Å². The lowest BCUT2D eigenvalue weighted by atomic mass is 9.53. The van der Waals surface area contributed by atoms with Crippen LogP contribution in [0.5, 0.6) is 5.75 Å². The topological polar surface area (TPSA) is 42.0 Å². The van der Waals surface area contributed by atoms with E-state index in [1.807, 2.05) is 6.07 Å². The molecule has 5 aliphatic heterocycles. The first-order chi connectivity index (χ1) is 13.2. The molecule has 0 radical (unpaired) electrons. The largest absolute Gasteiger partial charge is 0.497 e. The highest BCUT2D eigenvalue weighted by Gasteiger charge is 2.71. The van der Waals surface area contributed by atoms with Gasteiger partial charge in [-0.05, 0) is 49.1 Å². The number of anilines is 1. The fourth-order valence-electron chi connectivity index (χ4n) is 7.66. The third-order valence-electron chi connectivity index (χ3n) is 8.52. The minimum atomic E-state index is 0.0403. The van der Waals surface area contributed by atoms with Crippen molar-refractivity contribution < 1.29 is 14.3 Å². The number of ether oxygens (including phenoxy) is 2. The number of rotatable bonds is 1. The van der Waals surface area contributed by atoms with Crippen LogP contribution in [0.3, 0.4) is 0 Å². The molecule has 3 saturated heterocycles. The summed E-state index contributed by atoms with van der Waals surface area (Å²) in [7, 11) is 1.73. The summed E-state index contributed by atoms with van der Waals surface area (Å²) in [6, 6.07) is 7.13. The van der Waals surface area contributed by atoms with E-state index >= 15 is 0 Å². The second kappa shape index (κ2) is 4.76. The van der Waals surface area contributed by atoms with Gasteiger partial charge in [0.05, 0.1) is 32.3 Å². The number of piperidine rings is 2. The molecule has 1 aromatic rings. The quantitative estimate of drug-likeness (QED) is 0.716. The zero-order valence-electron chi connectivity index (χ0n) is 15.6. The molecule has 7 rings (SSSR count). The maximum atomic E-state index is 13.3. The van der Waals surface area contributed by atoms with Crippen LogP contribution < -0.4 is 9.64 Å². The van der Waals surface area contributed by atoms with Gasteiger partial charge in [0.15, 0.2) is 0 Å². The van der Waals surface area contributed by atoms with E-state index in [0.717, 1.165) is 30.9 Å². The molecule has 5 heterocycles. The Morgan fingerprint density at radius 2 is 2.26 bits per heavy atom. The average Bonchev–Trinajstić information content (AvgIpc) is 3.15. The first-order valence-electron chi connectivity index (χ1n) is 10.3. The van der Waals surface area contributed by atoms with E-state index in [-0.39, 0.29) is 23.5 Å². The van der Waals surface area contributed by atoms with Crippen LogP contribution in [0.15, 0.2) is 29.8 Å². The van der Waals surface area contributed by atoms with E-state index in [1.165, 1.54) is 12.0 Å². The Balaban J connectivity index is 1.53. The summed E-state index contributed by atoms with van der Waals surface area (Å²) in [6.45, 7) is 2.88. The molecule has 1 aliphatic carbocycles. The summed E-state index contributed by atoms with van der Waals surface area (Å²) in [5.41, 5.74) is 4.09. The van der Waals surface area contributed by atoms with Gasteiger partial charge in [0.2, 0.25) is 5.91 Å². The number of carbonyl (C=O) groups is 1. The van der Waals surface area contributed by atoms with Crippen molar-refractivity contribution in [3.63, 3.8) is 0 Å². The molecule has 5 nitrogen and oxygen atoms in total. The molecule has 1 spiro atoms. The van der Waals surface area contributed by atoms with Gasteiger partial charge in [0.1, 0.15) is 5.75 Å². The normalized spacial score (nSPS) is 43.3. The van der Waals surface area contributed by atoms with E-state index in [2.05, 4.69) is 28.0 Å². The van der Waals surface area contributed by atoms with Crippen molar-refractivity contribution in [3.8, 4) is 5.75 Å². The molecule has 1 aromatic carbocycles. The van der Waals surface area contributed by atoms with Gasteiger partial charge in [0.25, 0.3) is 0 Å². The Morgan fingerprint density at radius 1 is 1.33 bits per heavy atom. The predicted octanol–water partition coefficient (Wildman–Crippen LogP) is 2.10. The van der Waals surface area contributed by atoms with Gasteiger partial charge in [-0.1, -0.05) is 11.6 Å². The van der Waals surface area contributed by atoms with Crippen LogP contribution in [0.25, 0.3) is 0 Å². The van der Waals surface area contributed by atoms with Crippen molar-refractivity contribution in [1.82, 2.24) is 4.90 Å². The standard InChI is InChI=1S/C22H24N2O3/c1-26-13-2-3-16-15(8-13)22-5-6-23-11-12-4-7-27-17-10-19(25)24(16)21(22)20(17)14(12)9-18(22)23/h2-4,8,14,17-18,20-21H,5-7,9-11H2,1H3/t14-,17-,18+,20+,21-,22+/m1/s1. The number of methoxy groups -OCH3 is 1. The zero-order valence-corrected chi connectivity index (χ0v) is 15.6. The maximum absolute atomic E-state index is 13.3. The summed E-state index contributed by atoms with van der Waals surface area (Å²) >= 11 is 0. The maximum Gasteiger partial charge on any atom is 0.229 e. The van der Waals surface area contributed by atoms with E-state index in [0.29, 0.717) is 30.9 Å². The molecule has 4 fully saturated rings. The van der Waals surface area contributed by atoms with Crippen molar-refractivity contribution in [2.75, 3.05) is 31.7 Å². The van der Waals surface area contributed by atoms with Gasteiger partial charge < -0.3 is 14.4 Å². The molecule has 0 unspecified atom stereocenters. The summed E-state index contributed by atoms with van der Waals surface area (Å²) in [5, 5.41) is 0. The smallest absolute Gasteiger partial charge is 0.229 e. The van der Waals surface area contributed by atoms with Gasteiger partial charge in [-0.2, -0.15) is 0 Å². The van der Waals surface area contributed by atoms with Crippen LogP contribution in [-0.4, -0.2) is 55.8 Å². The number of hydrogen-bond donors (Lipinski definition) is 0. The van der Waals surface area contributed by atoms with E-state index < -0.39 is 0 Å². The third-order valence-corrected chi connectivity index (χ3v) is 8.52. The molecular formula is C22H24N2O3. The van der Waals surface area contributed by atoms with Crippen molar-refractivity contribution >= 4 is 11.6 Å². The molecule has 6 atom stereocenters. The average molecular weight is 364 g/mol. The molecule has 2 bridgehead atoms. The van der Waals surface area contributed by atoms with Gasteiger partial charge in [-0.15, -0.1) is 0 Å². The Kier molecular flexibility index (Phi) is 2.66. The van der Waals surface area contributed by atoms with Gasteiger partial charge in [-0.3, -0.25) is 9.69 Å². The number of benzene rings is 1. The monoisotopic (exact) mass is 364 g/mol. The highest BCUT2D eigenvalue weighted by atomic mass is 16.5. The molecule has 0 N–H and O–H groups in total. The number of hydrogen-bond acceptors (Lipinski definition) is 4. The highest BCUT2D eigenvalue weighted by molar-refractivity contribution is 5.99. The Bertz CT molecular complexity index is 911. The number of amides is 1. The number of nitrogens with zero attached hydrogens (tertiary/aromatic N) is 2. The molecular weight excluding hydrogens is 340 g/mol. The van der Waals surface area contributed by atoms with E-state index in [9.17, 15) is 4.79 Å². The summed E-state index contributed by atoms with van der Waals surface area (Å²) in [4.78, 5) is 18.2. The van der Waals surface area contributed by atoms with Crippen LogP contribution in [0, 0.1) is 11.8 Å². The molecule has 5 heteroatoms. The Hall–Kier alpha value is -1.85. The van der Waals surface area contributed by atoms with E-state index in [4.69, 9.17) is 9.47 Å². The summed E-state index contributed by atoms with van der Waals surface area (Å²) in [6.07, 6.45) is 5.26. The van der Waals surface area contributed by atoms with Crippen molar-refractivity contribution in [2.24, 2.45) is 11.8 Å². The van der Waals surface area contributed by atoms with Crippen molar-refractivity contribution in [2.45, 2.75) is 42.9 Å². The second-order valence-electron chi connectivity index (χ2n) is 9.14. The first-order valence-corrected chi connectivity index (χ1v) is 10.3. The molecule has 140 valence electrons. The van der Waals surface area contributed by atoms with Gasteiger partial charge in [-0.25, -0.2) is 0 Å². The van der Waals surface area contributed by atoms with Crippen LogP contribution >= 0.6 is 0 Å². The molecule has 27 heavy (non-hydrogen) atoms. The fraction of sp³-hybridized carbons (Fsp3) is 0.591. The number of carbonyl (C=O) groups excluding carboxylic acids is 1. The third kappa shape index (κ3) is 1.56. The minimum Gasteiger partial charge on any atom is -0.497 e. The molecule has 1 saturated carbocycles. The van der Waals surface area contributed by atoms with Crippen molar-refractivity contribution in [3.05, 3.63) is 35.4 Å². The highest BCUT2D eigenvalue weighted by Crippen LogP contribution is 2.65. The molecule has 1 amide bonds. The van der Waals surface area contributed by atoms with Crippen LogP contribution in [-0.2, 0) is 14.9 Å². The Morgan fingerprint density at radius 3 is 3.15 bits per heavy atom. The predicted molar refractivity (Wildman–Crippen MR) is 100.0 cm³/mol. The lowest BCUT2D eigenvalue weighted by Crippen LogP contribution is -2.69. The Labute approximate surface area is 158 Å². The SMILES string of the molecule is COc1ccc2c(c1)[C@]13CCN4CC5=CCO[C@@H]6CC(=O)N2[C@@H]1[C@H]6[C@@H]5C[C@H]43. The van der Waals surface area contributed by atoms with E-state index in [1.54, 1.807) is 12.7 Å². The molecule has 0 aromatic heterocycles. The fourth-order valence-corrected chi connectivity index (χ4v) is 7.66. The summed E-state index contributed by atoms with van der Waals surface area (Å²) in [5.74, 6) is 2.14. The van der Waals surface area contributed by atoms with Gasteiger partial charge in [0, 0.05) is 29.6 Å². The minimum absolute atomic E-state index is 0.0403. The van der Waals surface area contributed by atoms with Crippen LogP contribution in [0.4, 0.5) is 5.69 Å². The lowest BCUT2D eigenvalue weighted by Gasteiger charge is -2.58. The van der Waals surface area contributed by atoms with Gasteiger partial charge >= 0.3 is 0 Å². The second-order valence-corrected chi connectivity index (χ2v) is 9.14. The number of fused-ring (bicyclic) bond motifs is 2. The lowest BCUT2D eigenvalue weighted by molar-refractivity contribution is -0.132. The summed E-state index contributed by atoms with van der Waals surface area (Å²) < 4.78 is 11.9. The molecule has 6 aliphatic rings. The van der Waals surface area contributed by atoms with Crippen LogP contribution in [0.1, 0.15) is 24.8 Å². The van der Waals surface area contributed by atoms with Crippen LogP contribution in [0.2, 0.25) is 0 Å². The first kappa shape index (κ1) is 15.1.